The summed E-state index contributed by atoms with van der Waals surface area (Å²) in [6.45, 7) is -0.485. The van der Waals surface area contributed by atoms with E-state index in [0.29, 0.717) is 17.1 Å². The molecule has 0 saturated carbocycles. The zero-order chi connectivity index (χ0) is 27.1. The summed E-state index contributed by atoms with van der Waals surface area (Å²) in [7, 11) is 2.89. The topological polar surface area (TPSA) is 133 Å². The summed E-state index contributed by atoms with van der Waals surface area (Å²) >= 11 is 0. The van der Waals surface area contributed by atoms with Gasteiger partial charge in [-0.2, -0.15) is 0 Å². The van der Waals surface area contributed by atoms with Crippen LogP contribution < -0.4 is 18.9 Å². The summed E-state index contributed by atoms with van der Waals surface area (Å²) in [6, 6.07) is 14.4. The number of phenolic OH excluding ortho intramolecular Hbond substituents is 2. The van der Waals surface area contributed by atoms with E-state index in [4.69, 9.17) is 28.4 Å². The van der Waals surface area contributed by atoms with E-state index in [9.17, 15) is 20.1 Å². The van der Waals surface area contributed by atoms with Crippen molar-refractivity contribution in [1.29, 1.82) is 0 Å². The molecule has 0 bridgehead atoms. The van der Waals surface area contributed by atoms with Crippen molar-refractivity contribution in [3.8, 4) is 34.5 Å². The lowest BCUT2D eigenvalue weighted by atomic mass is 10.0. The average molecular weight is 525 g/mol. The van der Waals surface area contributed by atoms with Crippen molar-refractivity contribution in [1.82, 2.24) is 0 Å². The molecule has 0 fully saturated rings. The normalized spacial score (nSPS) is 16.4. The molecule has 0 amide bonds. The zero-order valence-corrected chi connectivity index (χ0v) is 20.8. The SMILES string of the molecule is COCOc1cc(O)c(C(=O)/C=C/c2ccc3c(c2)O[C@H](CO)[C@@H](c2ccc(O)cc2)O3)c(OCOC)c1. The number of carbonyl (C=O) groups excluding carboxylic acids is 1. The summed E-state index contributed by atoms with van der Waals surface area (Å²) in [5.74, 6) is 0.497. The van der Waals surface area contributed by atoms with E-state index < -0.39 is 18.0 Å². The van der Waals surface area contributed by atoms with Gasteiger partial charge in [0.25, 0.3) is 0 Å². The summed E-state index contributed by atoms with van der Waals surface area (Å²) in [4.78, 5) is 13.0. The van der Waals surface area contributed by atoms with Crippen molar-refractivity contribution in [2.45, 2.75) is 12.2 Å². The van der Waals surface area contributed by atoms with Gasteiger partial charge in [0.2, 0.25) is 0 Å². The van der Waals surface area contributed by atoms with E-state index >= 15 is 0 Å². The maximum absolute atomic E-state index is 13.0. The molecule has 0 unspecified atom stereocenters. The van der Waals surface area contributed by atoms with Gasteiger partial charge in [-0.25, -0.2) is 0 Å². The van der Waals surface area contributed by atoms with Crippen LogP contribution in [0.3, 0.4) is 0 Å². The third kappa shape index (κ3) is 6.17. The van der Waals surface area contributed by atoms with Gasteiger partial charge >= 0.3 is 0 Å². The van der Waals surface area contributed by atoms with E-state index in [1.807, 2.05) is 0 Å². The molecule has 10 heteroatoms. The van der Waals surface area contributed by atoms with Crippen molar-refractivity contribution < 1.29 is 48.5 Å². The van der Waals surface area contributed by atoms with E-state index in [-0.39, 0.29) is 48.8 Å². The molecular weight excluding hydrogens is 496 g/mol. The van der Waals surface area contributed by atoms with Gasteiger partial charge in [-0.05, 0) is 41.5 Å². The van der Waals surface area contributed by atoms with E-state index in [1.165, 1.54) is 44.6 Å². The first-order chi connectivity index (χ1) is 18.4. The number of ether oxygens (including phenoxy) is 6. The third-order valence-electron chi connectivity index (χ3n) is 5.64. The van der Waals surface area contributed by atoms with Crippen molar-refractivity contribution in [2.75, 3.05) is 34.4 Å². The molecule has 0 spiro atoms. The molecule has 0 saturated heterocycles. The number of ketones is 1. The highest BCUT2D eigenvalue weighted by Crippen LogP contribution is 2.40. The maximum Gasteiger partial charge on any atom is 0.193 e. The quantitative estimate of drug-likeness (QED) is 0.193. The van der Waals surface area contributed by atoms with Crippen LogP contribution in [0.25, 0.3) is 6.08 Å². The van der Waals surface area contributed by atoms with Crippen molar-refractivity contribution in [3.63, 3.8) is 0 Å². The van der Waals surface area contributed by atoms with Gasteiger partial charge in [0.1, 0.15) is 28.6 Å². The molecule has 3 N–H and O–H groups in total. The fraction of sp³-hybridized carbons (Fsp3) is 0.250. The largest absolute Gasteiger partial charge is 0.508 e. The monoisotopic (exact) mass is 524 g/mol. The van der Waals surface area contributed by atoms with Crippen LogP contribution in [-0.2, 0) is 9.47 Å². The fourth-order valence-electron chi connectivity index (χ4n) is 3.86. The number of fused-ring (bicyclic) bond motifs is 1. The predicted octanol–water partition coefficient (Wildman–Crippen LogP) is 3.83. The number of phenols is 2. The van der Waals surface area contributed by atoms with Crippen molar-refractivity contribution in [3.05, 3.63) is 77.4 Å². The zero-order valence-electron chi connectivity index (χ0n) is 20.8. The molecule has 0 aliphatic carbocycles. The lowest BCUT2D eigenvalue weighted by molar-refractivity contribution is -0.0123. The number of allylic oxidation sites excluding steroid dienone is 1. The smallest absolute Gasteiger partial charge is 0.193 e. The second-order valence-electron chi connectivity index (χ2n) is 8.29. The minimum absolute atomic E-state index is 0.0483. The number of aromatic hydroxyl groups is 2. The first kappa shape index (κ1) is 26.8. The molecule has 1 heterocycles. The fourth-order valence-corrected chi connectivity index (χ4v) is 3.86. The number of methoxy groups -OCH3 is 2. The van der Waals surface area contributed by atoms with Crippen molar-refractivity contribution >= 4 is 11.9 Å². The maximum atomic E-state index is 13.0. The summed E-state index contributed by atoms with van der Waals surface area (Å²) in [6.07, 6.45) is 1.60. The molecule has 38 heavy (non-hydrogen) atoms. The third-order valence-corrected chi connectivity index (χ3v) is 5.64. The van der Waals surface area contributed by atoms with Gasteiger partial charge in [-0.15, -0.1) is 0 Å². The number of benzene rings is 3. The minimum atomic E-state index is -0.677. The van der Waals surface area contributed by atoms with Gasteiger partial charge in [-0.1, -0.05) is 24.3 Å². The van der Waals surface area contributed by atoms with Gasteiger partial charge < -0.3 is 43.7 Å². The van der Waals surface area contributed by atoms with Crippen LogP contribution >= 0.6 is 0 Å². The Bertz CT molecular complexity index is 1290. The molecule has 10 nitrogen and oxygen atoms in total. The first-order valence-corrected chi connectivity index (χ1v) is 11.6. The molecule has 3 aromatic rings. The molecule has 2 atom stereocenters. The van der Waals surface area contributed by atoms with Crippen LogP contribution in [0.15, 0.2) is 60.7 Å². The Kier molecular flexibility index (Phi) is 8.70. The highest BCUT2D eigenvalue weighted by Gasteiger charge is 2.32. The average Bonchev–Trinajstić information content (AvgIpc) is 2.93. The lowest BCUT2D eigenvalue weighted by Gasteiger charge is -2.33. The number of hydrogen-bond acceptors (Lipinski definition) is 10. The summed E-state index contributed by atoms with van der Waals surface area (Å²) < 4.78 is 32.7. The predicted molar refractivity (Wildman–Crippen MR) is 136 cm³/mol. The van der Waals surface area contributed by atoms with Crippen molar-refractivity contribution in [2.24, 2.45) is 0 Å². The highest BCUT2D eigenvalue weighted by atomic mass is 16.7. The number of hydrogen-bond donors (Lipinski definition) is 3. The molecule has 1 aliphatic rings. The van der Waals surface area contributed by atoms with Gasteiger partial charge in [0.05, 0.1) is 6.61 Å². The lowest BCUT2D eigenvalue weighted by Crippen LogP contribution is -2.36. The highest BCUT2D eigenvalue weighted by molar-refractivity contribution is 6.10. The number of aliphatic hydroxyl groups is 1. The Labute approximate surface area is 219 Å². The van der Waals surface area contributed by atoms with Crippen LogP contribution in [0.1, 0.15) is 27.6 Å². The molecule has 3 aromatic carbocycles. The molecule has 4 rings (SSSR count). The summed E-state index contributed by atoms with van der Waals surface area (Å²) in [5.41, 5.74) is 1.31. The van der Waals surface area contributed by atoms with Crippen LogP contribution in [0.4, 0.5) is 0 Å². The number of carbonyl (C=O) groups is 1. The van der Waals surface area contributed by atoms with Crippen LogP contribution in [0, 0.1) is 0 Å². The minimum Gasteiger partial charge on any atom is -0.508 e. The number of rotatable bonds is 11. The van der Waals surface area contributed by atoms with Crippen LogP contribution in [0.5, 0.6) is 34.5 Å². The second-order valence-corrected chi connectivity index (χ2v) is 8.29. The van der Waals surface area contributed by atoms with Crippen LogP contribution in [-0.4, -0.2) is 61.6 Å². The molecular formula is C28H28O10. The number of aliphatic hydroxyl groups excluding tert-OH is 1. The Morgan fingerprint density at radius 3 is 2.37 bits per heavy atom. The molecule has 0 aromatic heterocycles. The van der Waals surface area contributed by atoms with E-state index in [2.05, 4.69) is 0 Å². The van der Waals surface area contributed by atoms with E-state index in [0.717, 1.165) is 5.56 Å². The Morgan fingerprint density at radius 1 is 0.921 bits per heavy atom. The van der Waals surface area contributed by atoms with E-state index in [1.54, 1.807) is 36.4 Å². The van der Waals surface area contributed by atoms with Gasteiger partial charge in [0.15, 0.2) is 43.1 Å². The molecule has 0 radical (unpaired) electrons. The second kappa shape index (κ2) is 12.3. The van der Waals surface area contributed by atoms with Crippen LogP contribution in [0.2, 0.25) is 0 Å². The van der Waals surface area contributed by atoms with Gasteiger partial charge in [0, 0.05) is 26.4 Å². The standard InChI is InChI=1S/C28H28O10/c1-33-15-35-20-12-22(32)27(25(13-20)36-16-34-2)21(31)9-3-17-4-10-23-24(11-17)37-26(14-29)28(38-23)18-5-7-19(30)8-6-18/h3-13,26,28-30,32H,14-16H2,1-2H3/b9-3+/t26-,28-/m1/s1. The molecule has 1 aliphatic heterocycles. The summed E-state index contributed by atoms with van der Waals surface area (Å²) in [5, 5.41) is 30.0. The van der Waals surface area contributed by atoms with Gasteiger partial charge in [-0.3, -0.25) is 4.79 Å². The Hall–Kier alpha value is -4.25. The molecule has 200 valence electrons. The first-order valence-electron chi connectivity index (χ1n) is 11.6. The Morgan fingerprint density at radius 2 is 1.66 bits per heavy atom. The Balaban J connectivity index is 1.55.